The van der Waals surface area contributed by atoms with Crippen molar-refractivity contribution in [1.82, 2.24) is 4.90 Å². The highest BCUT2D eigenvalue weighted by molar-refractivity contribution is 6.34. The molecule has 1 aromatic rings. The van der Waals surface area contributed by atoms with Crippen LogP contribution in [0.4, 0.5) is 11.4 Å². The molecule has 114 valence electrons. The molecule has 0 aromatic heterocycles. The molecule has 8 nitrogen and oxygen atoms in total. The third kappa shape index (κ3) is 6.11. The standard InChI is InChI=1S/C12H16ClN5O3/c13-8-3-7(14)1-2-9(8)17-12(21)6-18(4-10(15)19)5-11(16)20/h1-3H,4-6,14H2,(H2,15,19)(H2,16,20)(H,17,21). The van der Waals surface area contributed by atoms with Crippen molar-refractivity contribution in [2.45, 2.75) is 0 Å². The highest BCUT2D eigenvalue weighted by Crippen LogP contribution is 2.23. The summed E-state index contributed by atoms with van der Waals surface area (Å²) in [5.41, 5.74) is 16.4. The van der Waals surface area contributed by atoms with E-state index in [2.05, 4.69) is 5.32 Å². The SMILES string of the molecule is NC(=O)CN(CC(N)=O)CC(=O)Nc1ccc(N)cc1Cl. The molecule has 0 atom stereocenters. The van der Waals surface area contributed by atoms with Gasteiger partial charge in [0.2, 0.25) is 17.7 Å². The number of hydrogen-bond acceptors (Lipinski definition) is 5. The second-order valence-electron chi connectivity index (χ2n) is 4.37. The third-order valence-electron chi connectivity index (χ3n) is 2.39. The van der Waals surface area contributed by atoms with Gasteiger partial charge in [-0.3, -0.25) is 19.3 Å². The number of carbonyl (C=O) groups excluding carboxylic acids is 3. The molecule has 0 aliphatic rings. The number of primary amides is 2. The van der Waals surface area contributed by atoms with Gasteiger partial charge in [0, 0.05) is 5.69 Å². The number of benzene rings is 1. The van der Waals surface area contributed by atoms with Crippen molar-refractivity contribution in [1.29, 1.82) is 0 Å². The van der Waals surface area contributed by atoms with Crippen LogP contribution in [0.1, 0.15) is 0 Å². The van der Waals surface area contributed by atoms with Gasteiger partial charge in [-0.25, -0.2) is 0 Å². The van der Waals surface area contributed by atoms with E-state index in [9.17, 15) is 14.4 Å². The molecule has 0 radical (unpaired) electrons. The second-order valence-corrected chi connectivity index (χ2v) is 4.77. The van der Waals surface area contributed by atoms with Crippen molar-refractivity contribution < 1.29 is 14.4 Å². The maximum absolute atomic E-state index is 11.9. The number of nitrogen functional groups attached to an aromatic ring is 1. The first kappa shape index (κ1) is 16.7. The summed E-state index contributed by atoms with van der Waals surface area (Å²) in [7, 11) is 0. The molecule has 0 unspecified atom stereocenters. The van der Waals surface area contributed by atoms with Crippen LogP contribution in [-0.4, -0.2) is 42.3 Å². The number of rotatable bonds is 7. The van der Waals surface area contributed by atoms with E-state index >= 15 is 0 Å². The smallest absolute Gasteiger partial charge is 0.238 e. The normalized spacial score (nSPS) is 10.4. The summed E-state index contributed by atoms with van der Waals surface area (Å²) in [4.78, 5) is 34.9. The van der Waals surface area contributed by atoms with E-state index in [1.807, 2.05) is 0 Å². The minimum absolute atomic E-state index is 0.230. The Morgan fingerprint density at radius 3 is 2.14 bits per heavy atom. The van der Waals surface area contributed by atoms with Gasteiger partial charge in [-0.05, 0) is 18.2 Å². The molecule has 0 aliphatic carbocycles. The van der Waals surface area contributed by atoms with E-state index in [4.69, 9.17) is 28.8 Å². The monoisotopic (exact) mass is 313 g/mol. The molecule has 0 aliphatic heterocycles. The Labute approximate surface area is 126 Å². The third-order valence-corrected chi connectivity index (χ3v) is 2.71. The maximum Gasteiger partial charge on any atom is 0.238 e. The van der Waals surface area contributed by atoms with Crippen molar-refractivity contribution in [3.63, 3.8) is 0 Å². The van der Waals surface area contributed by atoms with Crippen LogP contribution < -0.4 is 22.5 Å². The number of amides is 3. The van der Waals surface area contributed by atoms with Crippen molar-refractivity contribution in [3.8, 4) is 0 Å². The Balaban J connectivity index is 2.68. The number of nitrogens with two attached hydrogens (primary N) is 3. The van der Waals surface area contributed by atoms with Gasteiger partial charge in [0.05, 0.1) is 30.3 Å². The second kappa shape index (κ2) is 7.46. The van der Waals surface area contributed by atoms with E-state index in [0.29, 0.717) is 11.4 Å². The van der Waals surface area contributed by atoms with Crippen molar-refractivity contribution in [2.24, 2.45) is 11.5 Å². The van der Waals surface area contributed by atoms with E-state index in [1.165, 1.54) is 11.0 Å². The lowest BCUT2D eigenvalue weighted by atomic mass is 10.3. The number of halogens is 1. The fraction of sp³-hybridized carbons (Fsp3) is 0.250. The Kier molecular flexibility index (Phi) is 5.94. The zero-order valence-electron chi connectivity index (χ0n) is 11.1. The molecule has 0 fully saturated rings. The molecular formula is C12H16ClN5O3. The summed E-state index contributed by atoms with van der Waals surface area (Å²) >= 11 is 5.92. The topological polar surface area (TPSA) is 145 Å². The molecule has 1 rings (SSSR count). The number of nitrogens with one attached hydrogen (secondary N) is 1. The van der Waals surface area contributed by atoms with Crippen LogP contribution in [0.5, 0.6) is 0 Å². The van der Waals surface area contributed by atoms with Gasteiger partial charge < -0.3 is 22.5 Å². The first-order chi connectivity index (χ1) is 9.77. The lowest BCUT2D eigenvalue weighted by molar-refractivity contribution is -0.123. The molecule has 1 aromatic carbocycles. The molecule has 0 spiro atoms. The zero-order chi connectivity index (χ0) is 16.0. The Hall–Kier alpha value is -2.32. The van der Waals surface area contributed by atoms with Crippen LogP contribution in [0.3, 0.4) is 0 Å². The molecule has 0 heterocycles. The predicted octanol–water partition coefficient (Wildman–Crippen LogP) is -0.867. The summed E-state index contributed by atoms with van der Waals surface area (Å²) in [6, 6.07) is 4.61. The minimum atomic E-state index is -0.672. The van der Waals surface area contributed by atoms with Crippen LogP contribution in [0.25, 0.3) is 0 Å². The highest BCUT2D eigenvalue weighted by Gasteiger charge is 2.16. The molecular weight excluding hydrogens is 298 g/mol. The van der Waals surface area contributed by atoms with Crippen LogP contribution >= 0.6 is 11.6 Å². The molecule has 0 saturated carbocycles. The van der Waals surface area contributed by atoms with E-state index in [1.54, 1.807) is 12.1 Å². The summed E-state index contributed by atoms with van der Waals surface area (Å²) in [5.74, 6) is -1.81. The first-order valence-electron chi connectivity index (χ1n) is 5.91. The van der Waals surface area contributed by atoms with Gasteiger partial charge in [-0.1, -0.05) is 11.6 Å². The maximum atomic E-state index is 11.9. The average molecular weight is 314 g/mol. The van der Waals surface area contributed by atoms with Crippen molar-refractivity contribution >= 4 is 40.7 Å². The van der Waals surface area contributed by atoms with Crippen molar-refractivity contribution in [2.75, 3.05) is 30.7 Å². The molecule has 0 bridgehead atoms. The fourth-order valence-electron chi connectivity index (χ4n) is 1.63. The Morgan fingerprint density at radius 2 is 1.67 bits per heavy atom. The molecule has 9 heteroatoms. The first-order valence-corrected chi connectivity index (χ1v) is 6.29. The lowest BCUT2D eigenvalue weighted by Gasteiger charge is -2.18. The molecule has 3 amide bonds. The summed E-state index contributed by atoms with van der Waals surface area (Å²) < 4.78 is 0. The van der Waals surface area contributed by atoms with Gasteiger partial charge in [-0.2, -0.15) is 0 Å². The van der Waals surface area contributed by atoms with Crippen LogP contribution in [0.2, 0.25) is 5.02 Å². The zero-order valence-corrected chi connectivity index (χ0v) is 11.9. The van der Waals surface area contributed by atoms with Gasteiger partial charge in [0.15, 0.2) is 0 Å². The number of carbonyl (C=O) groups is 3. The summed E-state index contributed by atoms with van der Waals surface area (Å²) in [6.07, 6.45) is 0. The predicted molar refractivity (Wildman–Crippen MR) is 79.3 cm³/mol. The Bertz CT molecular complexity index is 548. The van der Waals surface area contributed by atoms with Crippen molar-refractivity contribution in [3.05, 3.63) is 23.2 Å². The lowest BCUT2D eigenvalue weighted by Crippen LogP contribution is -2.43. The largest absolute Gasteiger partial charge is 0.399 e. The van der Waals surface area contributed by atoms with Gasteiger partial charge in [0.1, 0.15) is 0 Å². The van der Waals surface area contributed by atoms with E-state index < -0.39 is 17.7 Å². The Morgan fingerprint density at radius 1 is 1.10 bits per heavy atom. The molecule has 0 saturated heterocycles. The minimum Gasteiger partial charge on any atom is -0.399 e. The van der Waals surface area contributed by atoms with Crippen LogP contribution in [0, 0.1) is 0 Å². The fourth-order valence-corrected chi connectivity index (χ4v) is 1.87. The van der Waals surface area contributed by atoms with Crippen LogP contribution in [0.15, 0.2) is 18.2 Å². The van der Waals surface area contributed by atoms with Gasteiger partial charge >= 0.3 is 0 Å². The van der Waals surface area contributed by atoms with E-state index in [0.717, 1.165) is 0 Å². The quantitative estimate of drug-likeness (QED) is 0.484. The van der Waals surface area contributed by atoms with E-state index in [-0.39, 0.29) is 24.7 Å². The number of nitrogens with zero attached hydrogens (tertiary/aromatic N) is 1. The number of hydrogen-bond donors (Lipinski definition) is 4. The molecule has 21 heavy (non-hydrogen) atoms. The highest BCUT2D eigenvalue weighted by atomic mass is 35.5. The summed E-state index contributed by atoms with van der Waals surface area (Å²) in [5, 5.41) is 2.82. The van der Waals surface area contributed by atoms with Gasteiger partial charge in [-0.15, -0.1) is 0 Å². The summed E-state index contributed by atoms with van der Waals surface area (Å²) in [6.45, 7) is -0.746. The molecule has 7 N–H and O–H groups in total. The average Bonchev–Trinajstić information content (AvgIpc) is 2.30. The van der Waals surface area contributed by atoms with Crippen LogP contribution in [-0.2, 0) is 14.4 Å². The number of anilines is 2. The van der Waals surface area contributed by atoms with Gasteiger partial charge in [0.25, 0.3) is 0 Å².